The highest BCUT2D eigenvalue weighted by molar-refractivity contribution is 7.91. The molecule has 31 heavy (non-hydrogen) atoms. The van der Waals surface area contributed by atoms with Gasteiger partial charge >= 0.3 is 0 Å². The van der Waals surface area contributed by atoms with Crippen LogP contribution in [0.25, 0.3) is 10.9 Å². The number of fused-ring (bicyclic) bond motifs is 1. The lowest BCUT2D eigenvalue weighted by atomic mass is 10.0. The van der Waals surface area contributed by atoms with Gasteiger partial charge in [0.05, 0.1) is 22.8 Å². The third-order valence-corrected chi connectivity index (χ3v) is 6.87. The minimum absolute atomic E-state index is 0.0116. The third kappa shape index (κ3) is 5.41. The number of sulfone groups is 1. The Morgan fingerprint density at radius 2 is 1.84 bits per heavy atom. The van der Waals surface area contributed by atoms with Gasteiger partial charge in [-0.3, -0.25) is 9.78 Å². The summed E-state index contributed by atoms with van der Waals surface area (Å²) >= 11 is 0. The number of nitrogens with one attached hydrogen (secondary N) is 1. The molecular weight excluding hydrogens is 412 g/mol. The smallest absolute Gasteiger partial charge is 0.166 e. The predicted molar refractivity (Wildman–Crippen MR) is 125 cm³/mol. The van der Waals surface area contributed by atoms with Crippen LogP contribution in [0.15, 0.2) is 48.7 Å². The summed E-state index contributed by atoms with van der Waals surface area (Å²) in [6, 6.07) is 13.3. The van der Waals surface area contributed by atoms with E-state index in [1.807, 2.05) is 57.2 Å². The van der Waals surface area contributed by atoms with Crippen molar-refractivity contribution in [1.29, 1.82) is 0 Å². The predicted octanol–water partition coefficient (Wildman–Crippen LogP) is 5.08. The van der Waals surface area contributed by atoms with Crippen LogP contribution < -0.4 is 10.1 Å². The Hall–Kier alpha value is -2.93. The van der Waals surface area contributed by atoms with Gasteiger partial charge in [-0.1, -0.05) is 44.2 Å². The van der Waals surface area contributed by atoms with Crippen LogP contribution >= 0.6 is 0 Å². The van der Waals surface area contributed by atoms with Crippen molar-refractivity contribution in [2.45, 2.75) is 33.6 Å². The maximum atomic E-state index is 12.6. The number of benzene rings is 2. The van der Waals surface area contributed by atoms with Crippen molar-refractivity contribution in [2.75, 3.05) is 23.4 Å². The highest BCUT2D eigenvalue weighted by Gasteiger charge is 2.18. The second kappa shape index (κ2) is 9.92. The molecule has 0 spiro atoms. The number of anilines is 2. The number of ketones is 1. The number of carbonyl (C=O) groups is 1. The molecule has 6 nitrogen and oxygen atoms in total. The molecule has 3 rings (SSSR count). The van der Waals surface area contributed by atoms with Gasteiger partial charge in [0.1, 0.15) is 17.9 Å². The molecular formula is C24H28N2O4S. The standard InChI is InChI=1S/C24H28N2O4S/c1-4-14-31(28,29)15-13-30-22-12-8-10-18-23(26-20-11-7-6-9-17(20)3)19(21(27)5-2)16-25-24(18)22/h6-12,16H,4-5,13-15H2,1-3H3,(H,25,26). The van der Waals surface area contributed by atoms with E-state index in [1.165, 1.54) is 0 Å². The van der Waals surface area contributed by atoms with E-state index >= 15 is 0 Å². The van der Waals surface area contributed by atoms with Crippen LogP contribution in [0, 0.1) is 6.92 Å². The summed E-state index contributed by atoms with van der Waals surface area (Å²) in [4.78, 5) is 17.1. The van der Waals surface area contributed by atoms with Crippen LogP contribution in [0.2, 0.25) is 0 Å². The first kappa shape index (κ1) is 22.7. The van der Waals surface area contributed by atoms with E-state index < -0.39 is 9.84 Å². The second-order valence-electron chi connectivity index (χ2n) is 7.42. The van der Waals surface area contributed by atoms with Crippen molar-refractivity contribution >= 4 is 37.9 Å². The van der Waals surface area contributed by atoms with Gasteiger partial charge in [0.15, 0.2) is 15.6 Å². The molecule has 7 heteroatoms. The first-order valence-corrected chi connectivity index (χ1v) is 12.3. The monoisotopic (exact) mass is 440 g/mol. The van der Waals surface area contributed by atoms with Crippen LogP contribution in [0.4, 0.5) is 11.4 Å². The first-order valence-electron chi connectivity index (χ1n) is 10.5. The molecule has 1 aromatic heterocycles. The number of nitrogens with zero attached hydrogens (tertiary/aromatic N) is 1. The summed E-state index contributed by atoms with van der Waals surface area (Å²) in [5, 5.41) is 4.16. The lowest BCUT2D eigenvalue weighted by Crippen LogP contribution is -2.17. The molecule has 0 saturated heterocycles. The fourth-order valence-corrected chi connectivity index (χ4v) is 4.55. The molecule has 0 bridgehead atoms. The molecule has 0 radical (unpaired) electrons. The molecule has 164 valence electrons. The molecule has 0 saturated carbocycles. The molecule has 1 N–H and O–H groups in total. The number of carbonyl (C=O) groups excluding carboxylic acids is 1. The van der Waals surface area contributed by atoms with Crippen molar-refractivity contribution in [3.63, 3.8) is 0 Å². The Kier molecular flexibility index (Phi) is 7.28. The molecule has 0 amide bonds. The van der Waals surface area contributed by atoms with Crippen LogP contribution in [0.1, 0.15) is 42.6 Å². The summed E-state index contributed by atoms with van der Waals surface area (Å²) in [6.07, 6.45) is 2.51. The number of hydrogen-bond donors (Lipinski definition) is 1. The van der Waals surface area contributed by atoms with E-state index in [0.717, 1.165) is 16.6 Å². The second-order valence-corrected chi connectivity index (χ2v) is 9.72. The lowest BCUT2D eigenvalue weighted by Gasteiger charge is -2.17. The fourth-order valence-electron chi connectivity index (χ4n) is 3.39. The summed E-state index contributed by atoms with van der Waals surface area (Å²) in [5.74, 6) is 0.588. The van der Waals surface area contributed by atoms with E-state index in [1.54, 1.807) is 12.3 Å². The van der Waals surface area contributed by atoms with Gasteiger partial charge in [0.2, 0.25) is 0 Å². The Bertz CT molecular complexity index is 1190. The van der Waals surface area contributed by atoms with Crippen LogP contribution in [-0.2, 0) is 9.84 Å². The van der Waals surface area contributed by atoms with Crippen LogP contribution in [0.3, 0.4) is 0 Å². The van der Waals surface area contributed by atoms with Gasteiger partial charge in [0, 0.05) is 23.7 Å². The first-order chi connectivity index (χ1) is 14.9. The number of ether oxygens (including phenoxy) is 1. The van der Waals surface area contributed by atoms with Gasteiger partial charge in [-0.25, -0.2) is 8.42 Å². The molecule has 2 aromatic carbocycles. The average Bonchev–Trinajstić information content (AvgIpc) is 2.75. The van der Waals surface area contributed by atoms with Gasteiger partial charge in [0.25, 0.3) is 0 Å². The number of Topliss-reactive ketones (excluding diaryl/α,β-unsaturated/α-hetero) is 1. The molecule has 0 atom stereocenters. The van der Waals surface area contributed by atoms with Crippen LogP contribution in [0.5, 0.6) is 5.75 Å². The molecule has 0 aliphatic carbocycles. The minimum Gasteiger partial charge on any atom is -0.490 e. The van der Waals surface area contributed by atoms with E-state index in [-0.39, 0.29) is 23.9 Å². The maximum absolute atomic E-state index is 12.6. The summed E-state index contributed by atoms with van der Waals surface area (Å²) < 4.78 is 29.8. The molecule has 3 aromatic rings. The normalized spacial score (nSPS) is 11.5. The molecule has 1 heterocycles. The average molecular weight is 441 g/mol. The topological polar surface area (TPSA) is 85.4 Å². The number of hydrogen-bond acceptors (Lipinski definition) is 6. The number of aromatic nitrogens is 1. The SMILES string of the molecule is CCCS(=O)(=O)CCOc1cccc2c(Nc3ccccc3C)c(C(=O)CC)cnc12. The van der Waals surface area contributed by atoms with Crippen LogP contribution in [-0.4, -0.2) is 37.3 Å². The number of rotatable bonds is 10. The van der Waals surface area contributed by atoms with Gasteiger partial charge < -0.3 is 10.1 Å². The van der Waals surface area contributed by atoms with E-state index in [4.69, 9.17) is 4.74 Å². The zero-order chi connectivity index (χ0) is 22.4. The zero-order valence-corrected chi connectivity index (χ0v) is 19.0. The Morgan fingerprint density at radius 1 is 1.06 bits per heavy atom. The third-order valence-electron chi connectivity index (χ3n) is 5.05. The summed E-state index contributed by atoms with van der Waals surface area (Å²) in [6.45, 7) is 5.71. The maximum Gasteiger partial charge on any atom is 0.166 e. The lowest BCUT2D eigenvalue weighted by molar-refractivity contribution is 0.0988. The van der Waals surface area contributed by atoms with Crippen molar-refractivity contribution in [1.82, 2.24) is 4.98 Å². The molecule has 0 aliphatic heterocycles. The van der Waals surface area contributed by atoms with E-state index in [0.29, 0.717) is 35.4 Å². The highest BCUT2D eigenvalue weighted by Crippen LogP contribution is 2.34. The van der Waals surface area contributed by atoms with Crippen molar-refractivity contribution in [2.24, 2.45) is 0 Å². The quantitative estimate of drug-likeness (QED) is 0.442. The molecule has 0 aliphatic rings. The van der Waals surface area contributed by atoms with Gasteiger partial charge in [-0.15, -0.1) is 0 Å². The Morgan fingerprint density at radius 3 is 2.55 bits per heavy atom. The molecule has 0 unspecified atom stereocenters. The van der Waals surface area contributed by atoms with Crippen molar-refractivity contribution in [3.8, 4) is 5.75 Å². The minimum atomic E-state index is -3.13. The largest absolute Gasteiger partial charge is 0.490 e. The Labute approximate surface area is 183 Å². The van der Waals surface area contributed by atoms with Crippen molar-refractivity contribution < 1.29 is 17.9 Å². The zero-order valence-electron chi connectivity index (χ0n) is 18.1. The van der Waals surface area contributed by atoms with Gasteiger partial charge in [-0.05, 0) is 31.0 Å². The number of para-hydroxylation sites is 2. The number of aryl methyl sites for hydroxylation is 1. The Balaban J connectivity index is 2.01. The fraction of sp³-hybridized carbons (Fsp3) is 0.333. The summed E-state index contributed by atoms with van der Waals surface area (Å²) in [7, 11) is -3.13. The van der Waals surface area contributed by atoms with Gasteiger partial charge in [-0.2, -0.15) is 0 Å². The van der Waals surface area contributed by atoms with Crippen molar-refractivity contribution in [3.05, 3.63) is 59.8 Å². The van der Waals surface area contributed by atoms with E-state index in [9.17, 15) is 13.2 Å². The molecule has 0 fully saturated rings. The summed E-state index contributed by atoms with van der Waals surface area (Å²) in [5.41, 5.74) is 3.73. The number of pyridine rings is 1. The highest BCUT2D eigenvalue weighted by atomic mass is 32.2. The van der Waals surface area contributed by atoms with E-state index in [2.05, 4.69) is 10.3 Å².